The summed E-state index contributed by atoms with van der Waals surface area (Å²) in [5.41, 5.74) is 1.18. The molecule has 1 aliphatic heterocycles. The van der Waals surface area contributed by atoms with Crippen molar-refractivity contribution in [3.63, 3.8) is 0 Å². The van der Waals surface area contributed by atoms with Crippen molar-refractivity contribution in [3.05, 3.63) is 29.8 Å². The number of benzene rings is 1. The average Bonchev–Trinajstić information content (AvgIpc) is 2.47. The Bertz CT molecular complexity index is 532. The lowest BCUT2D eigenvalue weighted by molar-refractivity contribution is -0.117. The van der Waals surface area contributed by atoms with Gasteiger partial charge in [-0.3, -0.25) is 9.69 Å². The molecule has 2 atom stereocenters. The molecule has 23 heavy (non-hydrogen) atoms. The van der Waals surface area contributed by atoms with Crippen LogP contribution in [0.5, 0.6) is 0 Å². The second kappa shape index (κ2) is 8.11. The van der Waals surface area contributed by atoms with Crippen molar-refractivity contribution in [2.24, 2.45) is 11.8 Å². The number of nitrogens with one attached hydrogen (secondary N) is 1. The molecule has 1 aromatic carbocycles. The molecule has 0 bridgehead atoms. The van der Waals surface area contributed by atoms with Crippen molar-refractivity contribution in [2.75, 3.05) is 31.6 Å². The van der Waals surface area contributed by atoms with Gasteiger partial charge in [-0.2, -0.15) is 0 Å². The van der Waals surface area contributed by atoms with Gasteiger partial charge in [0.05, 0.1) is 18.7 Å². The largest absolute Gasteiger partial charge is 0.462 e. The molecule has 1 saturated heterocycles. The molecule has 2 rings (SSSR count). The molecule has 1 aliphatic rings. The Balaban J connectivity index is 1.86. The van der Waals surface area contributed by atoms with Crippen LogP contribution < -0.4 is 5.32 Å². The number of ether oxygens (including phenoxy) is 1. The van der Waals surface area contributed by atoms with E-state index in [0.717, 1.165) is 13.1 Å². The molecule has 126 valence electrons. The summed E-state index contributed by atoms with van der Waals surface area (Å²) in [6.45, 7) is 8.94. The summed E-state index contributed by atoms with van der Waals surface area (Å²) >= 11 is 0. The van der Waals surface area contributed by atoms with Gasteiger partial charge in [0, 0.05) is 18.8 Å². The van der Waals surface area contributed by atoms with Crippen LogP contribution in [-0.4, -0.2) is 43.0 Å². The van der Waals surface area contributed by atoms with Crippen LogP contribution in [0.2, 0.25) is 0 Å². The molecule has 1 amide bonds. The summed E-state index contributed by atoms with van der Waals surface area (Å²) in [4.78, 5) is 26.0. The minimum absolute atomic E-state index is 0.0183. The number of anilines is 1. The van der Waals surface area contributed by atoms with Crippen molar-refractivity contribution in [1.82, 2.24) is 4.90 Å². The van der Waals surface area contributed by atoms with E-state index in [1.807, 2.05) is 0 Å². The van der Waals surface area contributed by atoms with Crippen LogP contribution in [-0.2, 0) is 9.53 Å². The zero-order valence-corrected chi connectivity index (χ0v) is 14.2. The minimum Gasteiger partial charge on any atom is -0.462 e. The van der Waals surface area contributed by atoms with Crippen LogP contribution in [0, 0.1) is 11.8 Å². The van der Waals surface area contributed by atoms with Gasteiger partial charge in [0.2, 0.25) is 5.91 Å². The number of carbonyl (C=O) groups is 2. The highest BCUT2D eigenvalue weighted by Crippen LogP contribution is 2.20. The lowest BCUT2D eigenvalue weighted by Crippen LogP contribution is -2.42. The van der Waals surface area contributed by atoms with Gasteiger partial charge in [0.25, 0.3) is 0 Å². The van der Waals surface area contributed by atoms with Gasteiger partial charge in [0.15, 0.2) is 0 Å². The maximum absolute atomic E-state index is 12.2. The first-order chi connectivity index (χ1) is 11.0. The Morgan fingerprint density at radius 1 is 1.17 bits per heavy atom. The molecule has 0 aromatic heterocycles. The van der Waals surface area contributed by atoms with E-state index in [4.69, 9.17) is 4.74 Å². The Kier molecular flexibility index (Phi) is 6.16. The number of nitrogens with zero attached hydrogens (tertiary/aromatic N) is 1. The third kappa shape index (κ3) is 5.36. The van der Waals surface area contributed by atoms with Crippen LogP contribution in [0.1, 0.15) is 37.6 Å². The fourth-order valence-corrected chi connectivity index (χ4v) is 3.23. The number of hydrogen-bond donors (Lipinski definition) is 1. The number of hydrogen-bond acceptors (Lipinski definition) is 4. The van der Waals surface area contributed by atoms with E-state index >= 15 is 0 Å². The third-order valence-corrected chi connectivity index (χ3v) is 3.99. The van der Waals surface area contributed by atoms with Gasteiger partial charge in [-0.1, -0.05) is 13.8 Å². The number of amides is 1. The lowest BCUT2D eigenvalue weighted by atomic mass is 9.92. The molecule has 0 aliphatic carbocycles. The predicted octanol–water partition coefficient (Wildman–Crippen LogP) is 2.78. The Morgan fingerprint density at radius 2 is 1.78 bits per heavy atom. The molecule has 1 aromatic rings. The number of rotatable bonds is 5. The summed E-state index contributed by atoms with van der Waals surface area (Å²) in [6, 6.07) is 6.79. The maximum Gasteiger partial charge on any atom is 0.338 e. The minimum atomic E-state index is -0.346. The van der Waals surface area contributed by atoms with Crippen molar-refractivity contribution < 1.29 is 14.3 Å². The fraction of sp³-hybridized carbons (Fsp3) is 0.556. The topological polar surface area (TPSA) is 58.6 Å². The van der Waals surface area contributed by atoms with E-state index in [1.54, 1.807) is 31.2 Å². The molecule has 1 N–H and O–H groups in total. The molecule has 0 spiro atoms. The predicted molar refractivity (Wildman–Crippen MR) is 90.4 cm³/mol. The summed E-state index contributed by atoms with van der Waals surface area (Å²) in [5, 5.41) is 2.88. The smallest absolute Gasteiger partial charge is 0.338 e. The van der Waals surface area contributed by atoms with E-state index in [2.05, 4.69) is 24.1 Å². The summed E-state index contributed by atoms with van der Waals surface area (Å²) in [7, 11) is 0. The highest BCUT2D eigenvalue weighted by Gasteiger charge is 2.23. The highest BCUT2D eigenvalue weighted by molar-refractivity contribution is 5.94. The molecule has 5 heteroatoms. The Labute approximate surface area is 138 Å². The van der Waals surface area contributed by atoms with Crippen LogP contribution in [0.4, 0.5) is 5.69 Å². The standard InChI is InChI=1S/C18H26N2O3/c1-4-23-18(22)15-5-7-16(8-6-15)19-17(21)12-20-10-13(2)9-14(3)11-20/h5-8,13-14H,4,9-12H2,1-3H3,(H,19,21)/t13-,14-/m0/s1. The fourth-order valence-electron chi connectivity index (χ4n) is 3.23. The van der Waals surface area contributed by atoms with Crippen LogP contribution in [0.3, 0.4) is 0 Å². The summed E-state index contributed by atoms with van der Waals surface area (Å²) in [5.74, 6) is 0.905. The second-order valence-corrected chi connectivity index (χ2v) is 6.49. The zero-order chi connectivity index (χ0) is 16.8. The van der Waals surface area contributed by atoms with Gasteiger partial charge < -0.3 is 10.1 Å². The summed E-state index contributed by atoms with van der Waals surface area (Å²) < 4.78 is 4.94. The molecule has 0 saturated carbocycles. The van der Waals surface area contributed by atoms with Crippen molar-refractivity contribution in [1.29, 1.82) is 0 Å². The molecule has 1 fully saturated rings. The van der Waals surface area contributed by atoms with Gasteiger partial charge in [-0.05, 0) is 49.4 Å². The van der Waals surface area contributed by atoms with E-state index in [-0.39, 0.29) is 11.9 Å². The van der Waals surface area contributed by atoms with Gasteiger partial charge in [0.1, 0.15) is 0 Å². The number of piperidine rings is 1. The van der Waals surface area contributed by atoms with E-state index < -0.39 is 0 Å². The Morgan fingerprint density at radius 3 is 2.35 bits per heavy atom. The van der Waals surface area contributed by atoms with Crippen molar-refractivity contribution in [2.45, 2.75) is 27.2 Å². The molecule has 5 nitrogen and oxygen atoms in total. The molecule has 0 unspecified atom stereocenters. The zero-order valence-electron chi connectivity index (χ0n) is 14.2. The normalized spacial score (nSPS) is 21.7. The van der Waals surface area contributed by atoms with Crippen LogP contribution >= 0.6 is 0 Å². The Hall–Kier alpha value is -1.88. The second-order valence-electron chi connectivity index (χ2n) is 6.49. The van der Waals surface area contributed by atoms with E-state index in [0.29, 0.717) is 36.2 Å². The first-order valence-electron chi connectivity index (χ1n) is 8.27. The van der Waals surface area contributed by atoms with Gasteiger partial charge in [-0.15, -0.1) is 0 Å². The summed E-state index contributed by atoms with van der Waals surface area (Å²) in [6.07, 6.45) is 1.23. The first kappa shape index (κ1) is 17.5. The molecular formula is C18H26N2O3. The maximum atomic E-state index is 12.2. The third-order valence-electron chi connectivity index (χ3n) is 3.99. The molecule has 0 radical (unpaired) electrons. The SMILES string of the molecule is CCOC(=O)c1ccc(NC(=O)CN2C[C@@H](C)C[C@H](C)C2)cc1. The molecular weight excluding hydrogens is 292 g/mol. The average molecular weight is 318 g/mol. The number of likely N-dealkylation sites (tertiary alicyclic amines) is 1. The lowest BCUT2D eigenvalue weighted by Gasteiger charge is -2.34. The van der Waals surface area contributed by atoms with E-state index in [9.17, 15) is 9.59 Å². The van der Waals surface area contributed by atoms with Crippen molar-refractivity contribution >= 4 is 17.6 Å². The quantitative estimate of drug-likeness (QED) is 0.848. The van der Waals surface area contributed by atoms with Crippen LogP contribution in [0.25, 0.3) is 0 Å². The van der Waals surface area contributed by atoms with Gasteiger partial charge in [-0.25, -0.2) is 4.79 Å². The van der Waals surface area contributed by atoms with Gasteiger partial charge >= 0.3 is 5.97 Å². The van der Waals surface area contributed by atoms with Crippen LogP contribution in [0.15, 0.2) is 24.3 Å². The number of esters is 1. The first-order valence-corrected chi connectivity index (χ1v) is 8.27. The van der Waals surface area contributed by atoms with Crippen molar-refractivity contribution in [3.8, 4) is 0 Å². The molecule has 1 heterocycles. The monoisotopic (exact) mass is 318 g/mol. The number of carbonyl (C=O) groups excluding carboxylic acids is 2. The highest BCUT2D eigenvalue weighted by atomic mass is 16.5. The van der Waals surface area contributed by atoms with E-state index in [1.165, 1.54) is 6.42 Å².